The molecule has 0 rings (SSSR count). The molecule has 0 bridgehead atoms. The van der Waals surface area contributed by atoms with E-state index in [1.807, 2.05) is 6.08 Å². The van der Waals surface area contributed by atoms with Crippen molar-refractivity contribution in [3.63, 3.8) is 0 Å². The third kappa shape index (κ3) is 4.30. The van der Waals surface area contributed by atoms with Crippen LogP contribution < -0.4 is 0 Å². The van der Waals surface area contributed by atoms with Crippen molar-refractivity contribution in [1.29, 1.82) is 0 Å². The molecule has 0 aliphatic heterocycles. The van der Waals surface area contributed by atoms with E-state index in [1.54, 1.807) is 0 Å². The molecule has 0 fully saturated rings. The lowest BCUT2D eigenvalue weighted by Crippen LogP contribution is -1.88. The Morgan fingerprint density at radius 1 is 1.50 bits per heavy atom. The molecule has 0 aromatic carbocycles. The van der Waals surface area contributed by atoms with Crippen molar-refractivity contribution in [3.8, 4) is 0 Å². The van der Waals surface area contributed by atoms with E-state index in [9.17, 15) is 4.79 Å². The van der Waals surface area contributed by atoms with Gasteiger partial charge in [0.15, 0.2) is 0 Å². The van der Waals surface area contributed by atoms with Crippen LogP contribution >= 0.6 is 0 Å². The molecule has 1 heteroatoms. The lowest BCUT2D eigenvalue weighted by Gasteiger charge is -1.98. The first-order valence-corrected chi connectivity index (χ1v) is 3.86. The number of carbonyl (C=O) groups is 1. The third-order valence-corrected chi connectivity index (χ3v) is 1.24. The fourth-order valence-corrected chi connectivity index (χ4v) is 0.898. The SMILES string of the molecule is CCC/C(C=O)=C/C(C)C. The Balaban J connectivity index is 3.90. The molecular formula is C9H16O. The molecule has 0 atom stereocenters. The average Bonchev–Trinajstić information content (AvgIpc) is 1.86. The van der Waals surface area contributed by atoms with Crippen molar-refractivity contribution in [3.05, 3.63) is 11.6 Å². The summed E-state index contributed by atoms with van der Waals surface area (Å²) in [5.74, 6) is 0.492. The van der Waals surface area contributed by atoms with E-state index in [0.29, 0.717) is 5.92 Å². The molecule has 0 unspecified atom stereocenters. The first-order valence-electron chi connectivity index (χ1n) is 3.86. The summed E-state index contributed by atoms with van der Waals surface area (Å²) in [6.45, 7) is 6.25. The quantitative estimate of drug-likeness (QED) is 0.433. The summed E-state index contributed by atoms with van der Waals surface area (Å²) < 4.78 is 0. The molecule has 58 valence electrons. The van der Waals surface area contributed by atoms with Gasteiger partial charge in [-0.05, 0) is 17.9 Å². The molecule has 0 aliphatic rings. The summed E-state index contributed by atoms with van der Waals surface area (Å²) in [5, 5.41) is 0. The molecule has 0 aromatic rings. The maximum atomic E-state index is 10.4. The summed E-state index contributed by atoms with van der Waals surface area (Å²) in [6.07, 6.45) is 4.96. The first-order chi connectivity index (χ1) is 4.70. The molecule has 0 aliphatic carbocycles. The molecule has 0 N–H and O–H groups in total. The third-order valence-electron chi connectivity index (χ3n) is 1.24. The maximum absolute atomic E-state index is 10.4. The summed E-state index contributed by atoms with van der Waals surface area (Å²) in [6, 6.07) is 0. The van der Waals surface area contributed by atoms with Crippen LogP contribution in [0, 0.1) is 5.92 Å². The standard InChI is InChI=1S/C9H16O/c1-4-5-9(7-10)6-8(2)3/h6-8H,4-5H2,1-3H3/b9-6-. The van der Waals surface area contributed by atoms with Gasteiger partial charge in [-0.1, -0.05) is 33.3 Å². The maximum Gasteiger partial charge on any atom is 0.145 e. The zero-order chi connectivity index (χ0) is 7.98. The topological polar surface area (TPSA) is 17.1 Å². The summed E-state index contributed by atoms with van der Waals surface area (Å²) >= 11 is 0. The van der Waals surface area contributed by atoms with Gasteiger partial charge in [0, 0.05) is 0 Å². The zero-order valence-electron chi connectivity index (χ0n) is 7.05. The van der Waals surface area contributed by atoms with Gasteiger partial charge in [0.25, 0.3) is 0 Å². The van der Waals surface area contributed by atoms with Crippen molar-refractivity contribution in [1.82, 2.24) is 0 Å². The lowest BCUT2D eigenvalue weighted by atomic mass is 10.1. The second kappa shape index (κ2) is 5.21. The van der Waals surface area contributed by atoms with Crippen LogP contribution in [-0.2, 0) is 4.79 Å². The first kappa shape index (κ1) is 9.41. The molecule has 0 heterocycles. The van der Waals surface area contributed by atoms with E-state index in [4.69, 9.17) is 0 Å². The normalized spacial score (nSPS) is 12.2. The Morgan fingerprint density at radius 2 is 2.10 bits per heavy atom. The van der Waals surface area contributed by atoms with Gasteiger partial charge in [0.1, 0.15) is 6.29 Å². The van der Waals surface area contributed by atoms with Crippen LogP contribution in [0.5, 0.6) is 0 Å². The number of hydrogen-bond donors (Lipinski definition) is 0. The molecule has 0 spiro atoms. The minimum Gasteiger partial charge on any atom is -0.298 e. The van der Waals surface area contributed by atoms with Crippen LogP contribution in [0.2, 0.25) is 0 Å². The van der Waals surface area contributed by atoms with Crippen molar-refractivity contribution in [2.45, 2.75) is 33.6 Å². The summed E-state index contributed by atoms with van der Waals surface area (Å²) in [4.78, 5) is 10.4. The highest BCUT2D eigenvalue weighted by Crippen LogP contribution is 2.05. The van der Waals surface area contributed by atoms with Crippen LogP contribution in [0.1, 0.15) is 33.6 Å². The van der Waals surface area contributed by atoms with Crippen molar-refractivity contribution in [2.24, 2.45) is 5.92 Å². The van der Waals surface area contributed by atoms with Gasteiger partial charge in [-0.3, -0.25) is 4.79 Å². The van der Waals surface area contributed by atoms with E-state index in [-0.39, 0.29) is 0 Å². The fraction of sp³-hybridized carbons (Fsp3) is 0.667. The molecule has 0 amide bonds. The van der Waals surface area contributed by atoms with E-state index in [2.05, 4.69) is 20.8 Å². The molecule has 0 saturated carbocycles. The van der Waals surface area contributed by atoms with Crippen LogP contribution in [0.15, 0.2) is 11.6 Å². The highest BCUT2D eigenvalue weighted by molar-refractivity contribution is 5.72. The van der Waals surface area contributed by atoms with E-state index >= 15 is 0 Å². The molecule has 0 saturated heterocycles. The average molecular weight is 140 g/mol. The predicted octanol–water partition coefficient (Wildman–Crippen LogP) is 2.57. The van der Waals surface area contributed by atoms with E-state index in [0.717, 1.165) is 24.7 Å². The fourth-order valence-electron chi connectivity index (χ4n) is 0.898. The number of allylic oxidation sites excluding steroid dienone is 2. The Morgan fingerprint density at radius 3 is 2.40 bits per heavy atom. The minimum absolute atomic E-state index is 0.492. The Kier molecular flexibility index (Phi) is 4.91. The lowest BCUT2D eigenvalue weighted by molar-refractivity contribution is -0.105. The summed E-state index contributed by atoms with van der Waals surface area (Å²) in [7, 11) is 0. The number of rotatable bonds is 4. The molecule has 10 heavy (non-hydrogen) atoms. The predicted molar refractivity (Wildman–Crippen MR) is 43.9 cm³/mol. The van der Waals surface area contributed by atoms with Crippen molar-refractivity contribution in [2.75, 3.05) is 0 Å². The summed E-state index contributed by atoms with van der Waals surface area (Å²) in [5.41, 5.74) is 0.942. The second-order valence-corrected chi connectivity index (χ2v) is 2.85. The zero-order valence-corrected chi connectivity index (χ0v) is 7.05. The van der Waals surface area contributed by atoms with Crippen molar-refractivity contribution >= 4 is 6.29 Å². The van der Waals surface area contributed by atoms with Gasteiger partial charge < -0.3 is 0 Å². The van der Waals surface area contributed by atoms with Gasteiger partial charge in [0.05, 0.1) is 0 Å². The minimum atomic E-state index is 0.492. The van der Waals surface area contributed by atoms with Crippen LogP contribution in [-0.4, -0.2) is 6.29 Å². The second-order valence-electron chi connectivity index (χ2n) is 2.85. The van der Waals surface area contributed by atoms with Crippen molar-refractivity contribution < 1.29 is 4.79 Å². The monoisotopic (exact) mass is 140 g/mol. The van der Waals surface area contributed by atoms with Gasteiger partial charge in [0.2, 0.25) is 0 Å². The van der Waals surface area contributed by atoms with Gasteiger partial charge in [-0.2, -0.15) is 0 Å². The Hall–Kier alpha value is -0.590. The smallest absolute Gasteiger partial charge is 0.145 e. The Labute approximate surface area is 63.1 Å². The van der Waals surface area contributed by atoms with Crippen LogP contribution in [0.3, 0.4) is 0 Å². The van der Waals surface area contributed by atoms with E-state index in [1.165, 1.54) is 0 Å². The Bertz CT molecular complexity index is 123. The number of hydrogen-bond acceptors (Lipinski definition) is 1. The van der Waals surface area contributed by atoms with E-state index < -0.39 is 0 Å². The van der Waals surface area contributed by atoms with Gasteiger partial charge >= 0.3 is 0 Å². The highest BCUT2D eigenvalue weighted by atomic mass is 16.1. The molecule has 0 aromatic heterocycles. The number of aldehydes is 1. The largest absolute Gasteiger partial charge is 0.298 e. The highest BCUT2D eigenvalue weighted by Gasteiger charge is 1.94. The van der Waals surface area contributed by atoms with Crippen LogP contribution in [0.4, 0.5) is 0 Å². The molecule has 1 nitrogen and oxygen atoms in total. The van der Waals surface area contributed by atoms with Gasteiger partial charge in [-0.25, -0.2) is 0 Å². The molecule has 0 radical (unpaired) electrons. The number of carbonyl (C=O) groups excluding carboxylic acids is 1. The van der Waals surface area contributed by atoms with Crippen LogP contribution in [0.25, 0.3) is 0 Å². The molecular weight excluding hydrogens is 124 g/mol. The van der Waals surface area contributed by atoms with Gasteiger partial charge in [-0.15, -0.1) is 0 Å².